The number of benzene rings is 1. The maximum atomic E-state index is 4.28. The average Bonchev–Trinajstić information content (AvgIpc) is 2.90. The highest BCUT2D eigenvalue weighted by atomic mass is 15.4. The lowest BCUT2D eigenvalue weighted by molar-refractivity contribution is 0.324. The third kappa shape index (κ3) is 2.23. The van der Waals surface area contributed by atoms with Crippen molar-refractivity contribution in [3.8, 4) is 11.3 Å². The Bertz CT molecular complexity index is 469. The first-order valence-corrected chi connectivity index (χ1v) is 6.41. The highest BCUT2D eigenvalue weighted by molar-refractivity contribution is 5.57. The molecule has 0 amide bonds. The second-order valence-electron chi connectivity index (χ2n) is 4.74. The van der Waals surface area contributed by atoms with Crippen LogP contribution >= 0.6 is 0 Å². The molecule has 0 spiro atoms. The largest absolute Gasteiger partial charge is 0.249 e. The van der Waals surface area contributed by atoms with Gasteiger partial charge in [-0.1, -0.05) is 54.8 Å². The Morgan fingerprint density at radius 1 is 1.00 bits per heavy atom. The molecule has 3 heteroatoms. The quantitative estimate of drug-likeness (QED) is 0.786. The van der Waals surface area contributed by atoms with Gasteiger partial charge in [-0.3, -0.25) is 0 Å². The molecule has 3 rings (SSSR count). The zero-order valence-electron chi connectivity index (χ0n) is 9.92. The van der Waals surface area contributed by atoms with Gasteiger partial charge >= 0.3 is 0 Å². The summed E-state index contributed by atoms with van der Waals surface area (Å²) in [5, 5.41) is 8.56. The molecule has 0 atom stereocenters. The first kappa shape index (κ1) is 10.5. The number of rotatable bonds is 2. The van der Waals surface area contributed by atoms with Crippen LogP contribution in [-0.2, 0) is 0 Å². The summed E-state index contributed by atoms with van der Waals surface area (Å²) in [6, 6.07) is 10.8. The molecule has 1 aliphatic rings. The van der Waals surface area contributed by atoms with E-state index < -0.39 is 0 Å². The van der Waals surface area contributed by atoms with Crippen LogP contribution in [0.5, 0.6) is 0 Å². The molecule has 0 N–H and O–H groups in total. The van der Waals surface area contributed by atoms with Crippen molar-refractivity contribution in [2.45, 2.75) is 38.1 Å². The molecule has 1 heterocycles. The predicted molar refractivity (Wildman–Crippen MR) is 67.6 cm³/mol. The summed E-state index contributed by atoms with van der Waals surface area (Å²) in [5.74, 6) is 0. The van der Waals surface area contributed by atoms with Crippen molar-refractivity contribution in [3.05, 3.63) is 36.5 Å². The summed E-state index contributed by atoms with van der Waals surface area (Å²) >= 11 is 0. The third-order valence-corrected chi connectivity index (χ3v) is 3.53. The minimum Gasteiger partial charge on any atom is -0.249 e. The van der Waals surface area contributed by atoms with Crippen LogP contribution in [0.2, 0.25) is 0 Å². The molecule has 17 heavy (non-hydrogen) atoms. The van der Waals surface area contributed by atoms with Crippen molar-refractivity contribution in [1.29, 1.82) is 0 Å². The number of hydrogen-bond donors (Lipinski definition) is 0. The van der Waals surface area contributed by atoms with E-state index in [0.29, 0.717) is 6.04 Å². The van der Waals surface area contributed by atoms with Gasteiger partial charge < -0.3 is 0 Å². The number of hydrogen-bond acceptors (Lipinski definition) is 2. The van der Waals surface area contributed by atoms with Crippen molar-refractivity contribution < 1.29 is 0 Å². The standard InChI is InChI=1S/C14H17N3/c1-3-7-12(8-4-1)14-11-17(16-15-14)13-9-5-2-6-10-13/h1,3-4,7-8,11,13H,2,5-6,9-10H2. The highest BCUT2D eigenvalue weighted by Crippen LogP contribution is 2.28. The van der Waals surface area contributed by atoms with Gasteiger partial charge in [-0.05, 0) is 12.8 Å². The summed E-state index contributed by atoms with van der Waals surface area (Å²) in [5.41, 5.74) is 2.13. The van der Waals surface area contributed by atoms with Gasteiger partial charge in [-0.2, -0.15) is 0 Å². The van der Waals surface area contributed by atoms with Crippen LogP contribution < -0.4 is 0 Å². The van der Waals surface area contributed by atoms with Crippen LogP contribution in [-0.4, -0.2) is 15.0 Å². The van der Waals surface area contributed by atoms with Gasteiger partial charge in [0.2, 0.25) is 0 Å². The Labute approximate surface area is 101 Å². The fourth-order valence-corrected chi connectivity index (χ4v) is 2.54. The van der Waals surface area contributed by atoms with E-state index in [-0.39, 0.29) is 0 Å². The first-order chi connectivity index (χ1) is 8.43. The lowest BCUT2D eigenvalue weighted by Crippen LogP contribution is -2.13. The predicted octanol–water partition coefficient (Wildman–Crippen LogP) is 3.45. The molecule has 0 radical (unpaired) electrons. The van der Waals surface area contributed by atoms with E-state index in [4.69, 9.17) is 0 Å². The SMILES string of the molecule is c1ccc(-c2cn(C3CCCCC3)nn2)cc1. The topological polar surface area (TPSA) is 30.7 Å². The van der Waals surface area contributed by atoms with Crippen LogP contribution in [0.25, 0.3) is 11.3 Å². The molecule has 0 bridgehead atoms. The molecule has 1 aromatic heterocycles. The van der Waals surface area contributed by atoms with E-state index in [1.54, 1.807) is 0 Å². The second-order valence-corrected chi connectivity index (χ2v) is 4.74. The van der Waals surface area contributed by atoms with Gasteiger partial charge in [0.25, 0.3) is 0 Å². The fourth-order valence-electron chi connectivity index (χ4n) is 2.54. The molecule has 1 aliphatic carbocycles. The van der Waals surface area contributed by atoms with Crippen molar-refractivity contribution in [2.75, 3.05) is 0 Å². The van der Waals surface area contributed by atoms with Crippen LogP contribution in [0.3, 0.4) is 0 Å². The number of nitrogens with zero attached hydrogens (tertiary/aromatic N) is 3. The smallest absolute Gasteiger partial charge is 0.113 e. The van der Waals surface area contributed by atoms with E-state index in [9.17, 15) is 0 Å². The molecule has 1 aromatic carbocycles. The van der Waals surface area contributed by atoms with Crippen LogP contribution in [0.1, 0.15) is 38.1 Å². The molecule has 1 saturated carbocycles. The van der Waals surface area contributed by atoms with Crippen molar-refractivity contribution >= 4 is 0 Å². The molecule has 2 aromatic rings. The van der Waals surface area contributed by atoms with Crippen LogP contribution in [0.15, 0.2) is 36.5 Å². The third-order valence-electron chi connectivity index (χ3n) is 3.53. The Hall–Kier alpha value is -1.64. The van der Waals surface area contributed by atoms with Gasteiger partial charge in [-0.25, -0.2) is 4.68 Å². The molecule has 0 unspecified atom stereocenters. The minimum atomic E-state index is 0.564. The zero-order valence-corrected chi connectivity index (χ0v) is 9.92. The molecular formula is C14H17N3. The van der Waals surface area contributed by atoms with Gasteiger partial charge in [0.15, 0.2) is 0 Å². The molecule has 88 valence electrons. The molecular weight excluding hydrogens is 210 g/mol. The van der Waals surface area contributed by atoms with E-state index in [0.717, 1.165) is 11.3 Å². The zero-order chi connectivity index (χ0) is 11.5. The van der Waals surface area contributed by atoms with Crippen LogP contribution in [0, 0.1) is 0 Å². The minimum absolute atomic E-state index is 0.564. The maximum absolute atomic E-state index is 4.28. The van der Waals surface area contributed by atoms with E-state index in [1.165, 1.54) is 32.1 Å². The normalized spacial score (nSPS) is 17.2. The highest BCUT2D eigenvalue weighted by Gasteiger charge is 2.16. The Kier molecular flexibility index (Phi) is 2.90. The second kappa shape index (κ2) is 4.70. The van der Waals surface area contributed by atoms with Crippen molar-refractivity contribution in [2.24, 2.45) is 0 Å². The van der Waals surface area contributed by atoms with E-state index in [2.05, 4.69) is 33.3 Å². The molecule has 3 nitrogen and oxygen atoms in total. The number of aromatic nitrogens is 3. The Balaban J connectivity index is 1.83. The lowest BCUT2D eigenvalue weighted by atomic mass is 9.96. The van der Waals surface area contributed by atoms with Crippen molar-refractivity contribution in [3.63, 3.8) is 0 Å². The van der Waals surface area contributed by atoms with E-state index in [1.807, 2.05) is 18.2 Å². The summed E-state index contributed by atoms with van der Waals surface area (Å²) in [6.45, 7) is 0. The average molecular weight is 227 g/mol. The molecule has 1 fully saturated rings. The van der Waals surface area contributed by atoms with Gasteiger partial charge in [0, 0.05) is 5.56 Å². The summed E-state index contributed by atoms with van der Waals surface area (Å²) < 4.78 is 2.06. The van der Waals surface area contributed by atoms with Crippen molar-refractivity contribution in [1.82, 2.24) is 15.0 Å². The molecule has 0 saturated heterocycles. The van der Waals surface area contributed by atoms with Gasteiger partial charge in [0.05, 0.1) is 12.2 Å². The summed E-state index contributed by atoms with van der Waals surface area (Å²) in [6.07, 6.45) is 8.60. The van der Waals surface area contributed by atoms with Gasteiger partial charge in [0.1, 0.15) is 5.69 Å². The Morgan fingerprint density at radius 2 is 1.76 bits per heavy atom. The summed E-state index contributed by atoms with van der Waals surface area (Å²) in [7, 11) is 0. The maximum Gasteiger partial charge on any atom is 0.113 e. The lowest BCUT2D eigenvalue weighted by Gasteiger charge is -2.20. The van der Waals surface area contributed by atoms with Gasteiger partial charge in [-0.15, -0.1) is 5.10 Å². The monoisotopic (exact) mass is 227 g/mol. The summed E-state index contributed by atoms with van der Waals surface area (Å²) in [4.78, 5) is 0. The molecule has 0 aliphatic heterocycles. The van der Waals surface area contributed by atoms with E-state index >= 15 is 0 Å². The first-order valence-electron chi connectivity index (χ1n) is 6.41. The Morgan fingerprint density at radius 3 is 2.53 bits per heavy atom. The van der Waals surface area contributed by atoms with Crippen LogP contribution in [0.4, 0.5) is 0 Å². The fraction of sp³-hybridized carbons (Fsp3) is 0.429.